The molecule has 0 heterocycles. The molecule has 0 aliphatic rings. The Hall–Kier alpha value is -0.426. The summed E-state index contributed by atoms with van der Waals surface area (Å²) in [6.07, 6.45) is 27.2. The van der Waals surface area contributed by atoms with Gasteiger partial charge in [-0.15, -0.1) is 0 Å². The minimum atomic E-state index is -0.920. The zero-order valence-corrected chi connectivity index (χ0v) is 27.9. The fourth-order valence-corrected chi connectivity index (χ4v) is 4.62. The molecule has 0 rings (SSSR count). The van der Waals surface area contributed by atoms with Crippen LogP contribution in [0, 0.1) is 0 Å². The van der Waals surface area contributed by atoms with Gasteiger partial charge in [-0.05, 0) is 25.7 Å². The van der Waals surface area contributed by atoms with Crippen LogP contribution in [-0.2, 0) is 36.2 Å². The van der Waals surface area contributed by atoms with Crippen molar-refractivity contribution >= 4 is 11.9 Å². The van der Waals surface area contributed by atoms with E-state index in [2.05, 4.69) is 27.7 Å². The van der Waals surface area contributed by atoms with Gasteiger partial charge in [0.05, 0.1) is 0 Å². The molecule has 232 valence electrons. The molecule has 0 saturated heterocycles. The first-order valence-electron chi connectivity index (χ1n) is 16.3. The number of unbranched alkanes of at least 4 members (excludes halogenated alkanes) is 18. The average Bonchev–Trinajstić information content (AvgIpc) is 2.91. The molecular formula is C32H64O6Ti. The third-order valence-electron chi connectivity index (χ3n) is 6.29. The van der Waals surface area contributed by atoms with E-state index in [1.165, 1.54) is 103 Å². The number of carbonyl (C=O) groups is 2. The number of hydrogen-bond acceptors (Lipinski definition) is 6. The number of hydrogen-bond donors (Lipinski definition) is 0. The number of rotatable bonds is 28. The molecule has 0 amide bonds. The van der Waals surface area contributed by atoms with Crippen molar-refractivity contribution in [1.82, 2.24) is 0 Å². The van der Waals surface area contributed by atoms with E-state index in [0.29, 0.717) is 0 Å². The molecule has 0 bridgehead atoms. The molecule has 0 aromatic carbocycles. The van der Waals surface area contributed by atoms with E-state index >= 15 is 0 Å². The molecule has 0 N–H and O–H groups in total. The van der Waals surface area contributed by atoms with Gasteiger partial charge in [0.25, 0.3) is 0 Å². The van der Waals surface area contributed by atoms with Crippen molar-refractivity contribution < 1.29 is 46.4 Å². The molecule has 0 aromatic heterocycles. The molecule has 0 aromatic rings. The fourth-order valence-electron chi connectivity index (χ4n) is 3.78. The van der Waals surface area contributed by atoms with Crippen molar-refractivity contribution in [2.75, 3.05) is 13.2 Å². The van der Waals surface area contributed by atoms with E-state index in [1.54, 1.807) is 0 Å². The Morgan fingerprint density at radius 2 is 0.692 bits per heavy atom. The number of carbonyl (C=O) groups excluding carboxylic acids is 2. The van der Waals surface area contributed by atoms with Gasteiger partial charge >= 0.3 is 131 Å². The molecular weight excluding hydrogens is 528 g/mol. The third-order valence-corrected chi connectivity index (χ3v) is 7.29. The molecule has 6 nitrogen and oxygen atoms in total. The Bertz CT molecular complexity index is 422. The molecule has 0 unspecified atom stereocenters. The summed E-state index contributed by atoms with van der Waals surface area (Å²) in [4.78, 5) is 19.8. The Kier molecular flexibility index (Phi) is 46.4. The molecule has 0 saturated carbocycles. The van der Waals surface area contributed by atoms with Gasteiger partial charge in [-0.1, -0.05) is 65.2 Å². The van der Waals surface area contributed by atoms with Gasteiger partial charge in [-0.2, -0.15) is 0 Å². The van der Waals surface area contributed by atoms with Crippen molar-refractivity contribution in [3.63, 3.8) is 0 Å². The number of aliphatic carboxylic acids is 2. The average molecular weight is 593 g/mol. The van der Waals surface area contributed by atoms with E-state index in [9.17, 15) is 19.8 Å². The predicted molar refractivity (Wildman–Crippen MR) is 155 cm³/mol. The minimum absolute atomic E-state index is 0.226. The summed E-state index contributed by atoms with van der Waals surface area (Å²) in [6, 6.07) is 0. The van der Waals surface area contributed by atoms with E-state index < -0.39 is 31.9 Å². The molecule has 39 heavy (non-hydrogen) atoms. The van der Waals surface area contributed by atoms with Crippen molar-refractivity contribution in [1.29, 1.82) is 0 Å². The topological polar surface area (TPSA) is 98.7 Å². The zero-order chi connectivity index (χ0) is 29.7. The normalized spacial score (nSPS) is 10.2. The quantitative estimate of drug-likeness (QED) is 0.0678. The van der Waals surface area contributed by atoms with Crippen LogP contribution in [0.2, 0.25) is 0 Å². The van der Waals surface area contributed by atoms with Gasteiger partial charge in [-0.25, -0.2) is 0 Å². The Labute approximate surface area is 252 Å². The van der Waals surface area contributed by atoms with Gasteiger partial charge in [-0.3, -0.25) is 0 Å². The summed E-state index contributed by atoms with van der Waals surface area (Å²) in [7, 11) is 0. The summed E-state index contributed by atoms with van der Waals surface area (Å²) >= 11 is -0.560. The van der Waals surface area contributed by atoms with Gasteiger partial charge in [0, 0.05) is 11.9 Å². The predicted octanol–water partition coefficient (Wildman–Crippen LogP) is 7.85. The van der Waals surface area contributed by atoms with Gasteiger partial charge < -0.3 is 19.8 Å². The molecule has 0 radical (unpaired) electrons. The van der Waals surface area contributed by atoms with Crippen LogP contribution in [0.25, 0.3) is 0 Å². The second-order valence-electron chi connectivity index (χ2n) is 10.4. The van der Waals surface area contributed by atoms with E-state index in [4.69, 9.17) is 6.64 Å². The van der Waals surface area contributed by atoms with Crippen molar-refractivity contribution in [2.24, 2.45) is 0 Å². The Morgan fingerprint density at radius 3 is 0.974 bits per heavy atom. The second kappa shape index (κ2) is 42.0. The second-order valence-corrected chi connectivity index (χ2v) is 11.6. The van der Waals surface area contributed by atoms with Crippen molar-refractivity contribution in [3.05, 3.63) is 0 Å². The van der Waals surface area contributed by atoms with Gasteiger partial charge in [0.2, 0.25) is 0 Å². The maximum atomic E-state index is 9.92. The molecule has 0 atom stereocenters. The van der Waals surface area contributed by atoms with E-state index in [1.807, 2.05) is 0 Å². The van der Waals surface area contributed by atoms with Crippen LogP contribution < -0.4 is 10.2 Å². The standard InChI is InChI=1S/2C8H16O2.2C8H17O.Ti/c2*1-2-3-4-5-6-7-8(9)10;2*1-2-3-4-5-6-7-8-9;/h2*2-7H2,1H3,(H,9,10);2*2-8H2,1H3;/q;;2*-1;+4/p-2. The van der Waals surface area contributed by atoms with E-state index in [-0.39, 0.29) is 12.8 Å². The third kappa shape index (κ3) is 54.4. The zero-order valence-electron chi connectivity index (χ0n) is 26.3. The molecule has 0 aliphatic carbocycles. The first-order valence-corrected chi connectivity index (χ1v) is 17.6. The van der Waals surface area contributed by atoms with Crippen LogP contribution in [0.15, 0.2) is 0 Å². The van der Waals surface area contributed by atoms with E-state index in [0.717, 1.165) is 51.7 Å². The molecule has 0 fully saturated rings. The van der Waals surface area contributed by atoms with Gasteiger partial charge in [0.1, 0.15) is 0 Å². The summed E-state index contributed by atoms with van der Waals surface area (Å²) in [5.74, 6) is -1.84. The Morgan fingerprint density at radius 1 is 0.436 bits per heavy atom. The van der Waals surface area contributed by atoms with Crippen LogP contribution in [0.4, 0.5) is 0 Å². The number of carboxylic acid groups (broad SMARTS) is 2. The van der Waals surface area contributed by atoms with Crippen LogP contribution in [0.1, 0.15) is 182 Å². The first kappa shape index (κ1) is 43.0. The van der Waals surface area contributed by atoms with Crippen LogP contribution in [0.3, 0.4) is 0 Å². The first-order chi connectivity index (χ1) is 19.0. The Balaban J connectivity index is -0.000000547. The summed E-state index contributed by atoms with van der Waals surface area (Å²) in [5.41, 5.74) is 0. The number of carboxylic acids is 2. The maximum absolute atomic E-state index is 9.92. The molecule has 0 aliphatic heterocycles. The van der Waals surface area contributed by atoms with Gasteiger partial charge in [0.15, 0.2) is 0 Å². The SMILES string of the molecule is CCCCCCCC(=O)[O-].CCCCCCCC(=O)[O-].CCCCCCCC[O][Ti+2][O]CCCCCCCC. The summed E-state index contributed by atoms with van der Waals surface area (Å²) in [5, 5.41) is 19.8. The van der Waals surface area contributed by atoms with Crippen molar-refractivity contribution in [3.8, 4) is 0 Å². The monoisotopic (exact) mass is 592 g/mol. The van der Waals surface area contributed by atoms with Crippen molar-refractivity contribution in [2.45, 2.75) is 182 Å². The van der Waals surface area contributed by atoms with Crippen LogP contribution in [0.5, 0.6) is 0 Å². The summed E-state index contributed by atoms with van der Waals surface area (Å²) in [6.45, 7) is 10.6. The van der Waals surface area contributed by atoms with Crippen LogP contribution in [-0.4, -0.2) is 25.2 Å². The summed E-state index contributed by atoms with van der Waals surface area (Å²) < 4.78 is 11.2. The molecule has 0 spiro atoms. The fraction of sp³-hybridized carbons (Fsp3) is 0.938. The molecule has 7 heteroatoms. The van der Waals surface area contributed by atoms with Crippen LogP contribution >= 0.6 is 0 Å².